The van der Waals surface area contributed by atoms with Crippen LogP contribution in [0.25, 0.3) is 0 Å². The molecule has 0 atom stereocenters. The van der Waals surface area contributed by atoms with Gasteiger partial charge in [-0.15, -0.1) is 0 Å². The fourth-order valence-corrected chi connectivity index (χ4v) is 1.54. The summed E-state index contributed by atoms with van der Waals surface area (Å²) in [6.07, 6.45) is -3.04. The molecular formula is C11H10F3NO3. The Kier molecular flexibility index (Phi) is 2.92. The average Bonchev–Trinajstić information content (AvgIpc) is 3.07. The lowest BCUT2D eigenvalue weighted by atomic mass is 10.1. The summed E-state index contributed by atoms with van der Waals surface area (Å²) < 4.78 is 42.9. The Morgan fingerprint density at radius 2 is 2.17 bits per heavy atom. The quantitative estimate of drug-likeness (QED) is 0.904. The van der Waals surface area contributed by atoms with Crippen LogP contribution in [0.5, 0.6) is 5.88 Å². The van der Waals surface area contributed by atoms with Crippen molar-refractivity contribution in [1.29, 1.82) is 0 Å². The van der Waals surface area contributed by atoms with Crippen LogP contribution in [0.4, 0.5) is 13.2 Å². The highest BCUT2D eigenvalue weighted by atomic mass is 19.4. The van der Waals surface area contributed by atoms with Gasteiger partial charge in [0.15, 0.2) is 0 Å². The van der Waals surface area contributed by atoms with Gasteiger partial charge in [-0.25, -0.2) is 9.78 Å². The fraction of sp³-hybridized carbons (Fsp3) is 0.455. The minimum absolute atomic E-state index is 0.00569. The number of carboxylic acid groups (broad SMARTS) is 1. The maximum absolute atomic E-state index is 12.6. The van der Waals surface area contributed by atoms with E-state index in [1.54, 1.807) is 0 Å². The summed E-state index contributed by atoms with van der Waals surface area (Å²) in [5.74, 6) is -1.56. The first-order chi connectivity index (χ1) is 8.36. The zero-order valence-corrected chi connectivity index (χ0v) is 9.20. The molecule has 0 unspecified atom stereocenters. The van der Waals surface area contributed by atoms with Gasteiger partial charge in [0.2, 0.25) is 5.88 Å². The van der Waals surface area contributed by atoms with Crippen molar-refractivity contribution in [2.24, 2.45) is 5.41 Å². The molecule has 1 N–H and O–H groups in total. The van der Waals surface area contributed by atoms with Crippen LogP contribution in [0.2, 0.25) is 0 Å². The Balaban J connectivity index is 2.10. The Labute approximate surface area is 100 Å². The van der Waals surface area contributed by atoms with E-state index in [2.05, 4.69) is 4.98 Å². The van der Waals surface area contributed by atoms with Gasteiger partial charge in [0.1, 0.15) is 17.6 Å². The van der Waals surface area contributed by atoms with Crippen LogP contribution in [0, 0.1) is 5.41 Å². The Hall–Kier alpha value is -1.79. The summed E-state index contributed by atoms with van der Waals surface area (Å²) in [5.41, 5.74) is -2.07. The van der Waals surface area contributed by atoms with E-state index in [1.807, 2.05) is 0 Å². The Morgan fingerprint density at radius 1 is 1.50 bits per heavy atom. The molecule has 1 saturated carbocycles. The van der Waals surface area contributed by atoms with E-state index in [9.17, 15) is 18.0 Å². The fourth-order valence-electron chi connectivity index (χ4n) is 1.54. The summed E-state index contributed by atoms with van der Waals surface area (Å²) in [6, 6.07) is 2.62. The van der Waals surface area contributed by atoms with Gasteiger partial charge in [0, 0.05) is 6.20 Å². The summed E-state index contributed by atoms with van der Waals surface area (Å²) in [6.45, 7) is -0.589. The molecule has 0 aromatic carbocycles. The first-order valence-corrected chi connectivity index (χ1v) is 5.24. The minimum atomic E-state index is -4.33. The zero-order chi connectivity index (χ0) is 13.4. The van der Waals surface area contributed by atoms with Gasteiger partial charge in [-0.1, -0.05) is 0 Å². The first-order valence-electron chi connectivity index (χ1n) is 5.24. The van der Waals surface area contributed by atoms with Crippen molar-refractivity contribution in [2.45, 2.75) is 19.0 Å². The van der Waals surface area contributed by atoms with E-state index < -0.39 is 24.2 Å². The molecular weight excluding hydrogens is 251 g/mol. The molecule has 2 rings (SSSR count). The van der Waals surface area contributed by atoms with E-state index in [0.29, 0.717) is 0 Å². The first kappa shape index (κ1) is 12.7. The standard InChI is InChI=1S/C11H10F3NO3/c12-11(13,14)10(3-4-10)6-18-8-7(9(16)17)2-1-5-15-8/h1-2,5H,3-4,6H2,(H,16,17). The molecule has 1 aliphatic rings. The lowest BCUT2D eigenvalue weighted by Crippen LogP contribution is -2.31. The average molecular weight is 261 g/mol. The third kappa shape index (κ3) is 2.25. The van der Waals surface area contributed by atoms with Gasteiger partial charge in [0.25, 0.3) is 0 Å². The number of ether oxygens (including phenoxy) is 1. The number of carboxylic acids is 1. The molecule has 1 fully saturated rings. The van der Waals surface area contributed by atoms with Gasteiger partial charge in [-0.05, 0) is 25.0 Å². The molecule has 1 aromatic heterocycles. The van der Waals surface area contributed by atoms with Crippen molar-refractivity contribution in [3.05, 3.63) is 23.9 Å². The summed E-state index contributed by atoms with van der Waals surface area (Å²) in [4.78, 5) is 14.5. The van der Waals surface area contributed by atoms with E-state index >= 15 is 0 Å². The van der Waals surface area contributed by atoms with Gasteiger partial charge >= 0.3 is 12.1 Å². The van der Waals surface area contributed by atoms with Crippen LogP contribution in [0.1, 0.15) is 23.2 Å². The number of halogens is 3. The van der Waals surface area contributed by atoms with Gasteiger partial charge in [-0.3, -0.25) is 0 Å². The normalized spacial score (nSPS) is 17.3. The number of nitrogens with zero attached hydrogens (tertiary/aromatic N) is 1. The largest absolute Gasteiger partial charge is 0.477 e. The molecule has 7 heteroatoms. The summed E-state index contributed by atoms with van der Waals surface area (Å²) in [5, 5.41) is 8.83. The van der Waals surface area contributed by atoms with E-state index in [0.717, 1.165) is 0 Å². The Morgan fingerprint density at radius 3 is 2.67 bits per heavy atom. The minimum Gasteiger partial charge on any atom is -0.477 e. The summed E-state index contributed by atoms with van der Waals surface area (Å²) in [7, 11) is 0. The number of carbonyl (C=O) groups is 1. The van der Waals surface area contributed by atoms with Crippen LogP contribution in [0.3, 0.4) is 0 Å². The van der Waals surface area contributed by atoms with Crippen molar-refractivity contribution < 1.29 is 27.8 Å². The highest BCUT2D eigenvalue weighted by Crippen LogP contribution is 2.57. The summed E-state index contributed by atoms with van der Waals surface area (Å²) >= 11 is 0. The van der Waals surface area contributed by atoms with Gasteiger partial charge in [0.05, 0.1) is 0 Å². The zero-order valence-electron chi connectivity index (χ0n) is 9.20. The Bertz CT molecular complexity index is 469. The predicted molar refractivity (Wildman–Crippen MR) is 54.4 cm³/mol. The predicted octanol–water partition coefficient (Wildman–Crippen LogP) is 2.50. The van der Waals surface area contributed by atoms with E-state index in [-0.39, 0.29) is 24.3 Å². The molecule has 4 nitrogen and oxygen atoms in total. The van der Waals surface area contributed by atoms with Crippen molar-refractivity contribution in [1.82, 2.24) is 4.98 Å². The number of hydrogen-bond donors (Lipinski definition) is 1. The van der Waals surface area contributed by atoms with Crippen LogP contribution in [-0.4, -0.2) is 28.8 Å². The van der Waals surface area contributed by atoms with Gasteiger partial charge < -0.3 is 9.84 Å². The van der Waals surface area contributed by atoms with Crippen LogP contribution in [-0.2, 0) is 0 Å². The molecule has 1 aromatic rings. The smallest absolute Gasteiger partial charge is 0.397 e. The number of hydrogen-bond acceptors (Lipinski definition) is 3. The van der Waals surface area contributed by atoms with Crippen LogP contribution >= 0.6 is 0 Å². The molecule has 0 bridgehead atoms. The van der Waals surface area contributed by atoms with Crippen LogP contribution in [0.15, 0.2) is 18.3 Å². The number of aromatic nitrogens is 1. The highest BCUT2D eigenvalue weighted by molar-refractivity contribution is 5.90. The topological polar surface area (TPSA) is 59.4 Å². The van der Waals surface area contributed by atoms with Gasteiger partial charge in [-0.2, -0.15) is 13.2 Å². The molecule has 18 heavy (non-hydrogen) atoms. The highest BCUT2D eigenvalue weighted by Gasteiger charge is 2.64. The molecule has 1 heterocycles. The SMILES string of the molecule is O=C(O)c1cccnc1OCC1(C(F)(F)F)CC1. The third-order valence-corrected chi connectivity index (χ3v) is 2.94. The second-order valence-corrected chi connectivity index (χ2v) is 4.23. The second-order valence-electron chi connectivity index (χ2n) is 4.23. The van der Waals surface area contributed by atoms with Crippen molar-refractivity contribution >= 4 is 5.97 Å². The number of pyridine rings is 1. The number of rotatable bonds is 4. The molecule has 98 valence electrons. The molecule has 0 spiro atoms. The van der Waals surface area contributed by atoms with Crippen molar-refractivity contribution in [2.75, 3.05) is 6.61 Å². The number of aromatic carboxylic acids is 1. The second kappa shape index (κ2) is 4.15. The molecule has 0 radical (unpaired) electrons. The van der Waals surface area contributed by atoms with Crippen molar-refractivity contribution in [3.8, 4) is 5.88 Å². The number of alkyl halides is 3. The third-order valence-electron chi connectivity index (χ3n) is 2.94. The lowest BCUT2D eigenvalue weighted by molar-refractivity contribution is -0.194. The van der Waals surface area contributed by atoms with E-state index in [1.165, 1.54) is 18.3 Å². The maximum Gasteiger partial charge on any atom is 0.397 e. The lowest BCUT2D eigenvalue weighted by Gasteiger charge is -2.19. The molecule has 0 amide bonds. The monoisotopic (exact) mass is 261 g/mol. The maximum atomic E-state index is 12.6. The van der Waals surface area contributed by atoms with Crippen LogP contribution < -0.4 is 4.74 Å². The molecule has 0 aliphatic heterocycles. The molecule has 1 aliphatic carbocycles. The van der Waals surface area contributed by atoms with Crippen molar-refractivity contribution in [3.63, 3.8) is 0 Å². The molecule has 0 saturated heterocycles. The van der Waals surface area contributed by atoms with E-state index in [4.69, 9.17) is 9.84 Å².